The van der Waals surface area contributed by atoms with Crippen molar-refractivity contribution in [3.05, 3.63) is 42.2 Å². The maximum atomic E-state index is 12.7. The van der Waals surface area contributed by atoms with Crippen molar-refractivity contribution in [2.75, 3.05) is 5.32 Å². The van der Waals surface area contributed by atoms with Crippen molar-refractivity contribution < 1.29 is 18.0 Å². The zero-order chi connectivity index (χ0) is 16.0. The highest BCUT2D eigenvalue weighted by molar-refractivity contribution is 5.99. The molecule has 0 aliphatic heterocycles. The quantitative estimate of drug-likeness (QED) is 0.897. The van der Waals surface area contributed by atoms with Gasteiger partial charge in [0.25, 0.3) is 0 Å². The Morgan fingerprint density at radius 1 is 1.35 bits per heavy atom. The molecule has 124 valence electrons. The van der Waals surface area contributed by atoms with E-state index < -0.39 is 17.3 Å². The van der Waals surface area contributed by atoms with Crippen LogP contribution in [-0.2, 0) is 11.0 Å². The first-order chi connectivity index (χ1) is 10.3. The molecule has 5 nitrogen and oxygen atoms in total. The zero-order valence-corrected chi connectivity index (χ0v) is 12.6. The minimum atomic E-state index is -4.42. The minimum Gasteiger partial charge on any atom is -0.322 e. The minimum absolute atomic E-state index is 0. The molecule has 1 heterocycles. The van der Waals surface area contributed by atoms with Gasteiger partial charge in [-0.1, -0.05) is 6.07 Å². The Kier molecular flexibility index (Phi) is 4.41. The summed E-state index contributed by atoms with van der Waals surface area (Å²) in [5.74, 6) is -0.309. The number of hydrogen-bond donors (Lipinski definition) is 2. The van der Waals surface area contributed by atoms with Gasteiger partial charge in [-0.25, -0.2) is 4.68 Å². The lowest BCUT2D eigenvalue weighted by Crippen LogP contribution is -2.37. The number of amides is 1. The summed E-state index contributed by atoms with van der Waals surface area (Å²) in [5, 5.41) is 6.57. The van der Waals surface area contributed by atoms with Crippen molar-refractivity contribution in [1.29, 1.82) is 0 Å². The van der Waals surface area contributed by atoms with E-state index in [1.807, 2.05) is 0 Å². The number of nitrogens with two attached hydrogens (primary N) is 1. The predicted molar refractivity (Wildman–Crippen MR) is 80.6 cm³/mol. The van der Waals surface area contributed by atoms with Crippen LogP contribution in [0.5, 0.6) is 0 Å². The van der Waals surface area contributed by atoms with Gasteiger partial charge in [0.15, 0.2) is 0 Å². The summed E-state index contributed by atoms with van der Waals surface area (Å²) >= 11 is 0. The second kappa shape index (κ2) is 5.86. The molecule has 1 aromatic heterocycles. The fourth-order valence-electron chi connectivity index (χ4n) is 1.97. The molecule has 1 fully saturated rings. The number of carbonyl (C=O) groups is 1. The number of carbonyl (C=O) groups excluding carboxylic acids is 1. The molecule has 2 aromatic rings. The van der Waals surface area contributed by atoms with Crippen molar-refractivity contribution in [2.45, 2.75) is 24.6 Å². The van der Waals surface area contributed by atoms with Crippen LogP contribution in [0.3, 0.4) is 0 Å². The van der Waals surface area contributed by atoms with E-state index in [-0.39, 0.29) is 24.0 Å². The highest BCUT2D eigenvalue weighted by atomic mass is 35.5. The standard InChI is InChI=1S/C14H13F3N4O.ClH/c15-14(16,17)9-2-1-3-11(6-9)21-8-10(7-19-21)20-12(22)13(18)4-5-13;/h1-3,6-8H,4-5,18H2,(H,20,22);1H. The molecule has 23 heavy (non-hydrogen) atoms. The van der Waals surface area contributed by atoms with Gasteiger partial charge in [-0.05, 0) is 31.0 Å². The lowest BCUT2D eigenvalue weighted by atomic mass is 10.2. The normalized spacial score (nSPS) is 15.7. The fourth-order valence-corrected chi connectivity index (χ4v) is 1.97. The van der Waals surface area contributed by atoms with E-state index in [4.69, 9.17) is 5.73 Å². The number of hydrogen-bond acceptors (Lipinski definition) is 3. The van der Waals surface area contributed by atoms with E-state index in [1.54, 1.807) is 0 Å². The maximum Gasteiger partial charge on any atom is 0.416 e. The number of aromatic nitrogens is 2. The molecule has 1 aliphatic rings. The molecular formula is C14H14ClF3N4O. The third-order valence-electron chi connectivity index (χ3n) is 3.52. The van der Waals surface area contributed by atoms with Gasteiger partial charge >= 0.3 is 6.18 Å². The van der Waals surface area contributed by atoms with Crippen LogP contribution in [0.2, 0.25) is 0 Å². The van der Waals surface area contributed by atoms with Crippen LogP contribution in [0.1, 0.15) is 18.4 Å². The summed E-state index contributed by atoms with van der Waals surface area (Å²) in [6.07, 6.45) is -0.359. The molecule has 0 spiro atoms. The Morgan fingerprint density at radius 2 is 2.04 bits per heavy atom. The number of nitrogens with zero attached hydrogens (tertiary/aromatic N) is 2. The fraction of sp³-hybridized carbons (Fsp3) is 0.286. The summed E-state index contributed by atoms with van der Waals surface area (Å²) < 4.78 is 39.4. The lowest BCUT2D eigenvalue weighted by molar-refractivity contribution is -0.137. The van der Waals surface area contributed by atoms with Gasteiger partial charge in [0, 0.05) is 0 Å². The molecule has 1 aromatic carbocycles. The Morgan fingerprint density at radius 3 is 2.65 bits per heavy atom. The average molecular weight is 347 g/mol. The monoisotopic (exact) mass is 346 g/mol. The number of benzene rings is 1. The van der Waals surface area contributed by atoms with Crippen LogP contribution in [0, 0.1) is 0 Å². The summed E-state index contributed by atoms with van der Waals surface area (Å²) in [6, 6.07) is 4.78. The third kappa shape index (κ3) is 3.65. The molecular weight excluding hydrogens is 333 g/mol. The first-order valence-electron chi connectivity index (χ1n) is 6.61. The summed E-state index contributed by atoms with van der Waals surface area (Å²) in [6.45, 7) is 0. The second-order valence-electron chi connectivity index (χ2n) is 5.33. The van der Waals surface area contributed by atoms with Crippen LogP contribution < -0.4 is 11.1 Å². The number of anilines is 1. The molecule has 0 bridgehead atoms. The van der Waals surface area contributed by atoms with Gasteiger partial charge in [-0.3, -0.25) is 4.79 Å². The maximum absolute atomic E-state index is 12.7. The molecule has 0 radical (unpaired) electrons. The third-order valence-corrected chi connectivity index (χ3v) is 3.52. The van der Waals surface area contributed by atoms with E-state index in [0.717, 1.165) is 12.1 Å². The van der Waals surface area contributed by atoms with E-state index in [9.17, 15) is 18.0 Å². The SMILES string of the molecule is Cl.NC1(C(=O)Nc2cnn(-c3cccc(C(F)(F)F)c3)c2)CC1. The lowest BCUT2D eigenvalue weighted by Gasteiger charge is -2.09. The topological polar surface area (TPSA) is 72.9 Å². The molecule has 1 saturated carbocycles. The van der Waals surface area contributed by atoms with E-state index >= 15 is 0 Å². The summed E-state index contributed by atoms with van der Waals surface area (Å²) in [4.78, 5) is 11.8. The number of nitrogens with one attached hydrogen (secondary N) is 1. The van der Waals surface area contributed by atoms with Gasteiger partial charge in [0.2, 0.25) is 5.91 Å². The number of rotatable bonds is 3. The van der Waals surface area contributed by atoms with Gasteiger partial charge in [-0.15, -0.1) is 12.4 Å². The van der Waals surface area contributed by atoms with Crippen molar-refractivity contribution in [3.8, 4) is 5.69 Å². The average Bonchev–Trinajstić information content (AvgIpc) is 3.05. The van der Waals surface area contributed by atoms with E-state index in [1.165, 1.54) is 29.2 Å². The first-order valence-corrected chi connectivity index (χ1v) is 6.61. The van der Waals surface area contributed by atoms with Crippen LogP contribution in [0.15, 0.2) is 36.7 Å². The van der Waals surface area contributed by atoms with Crippen LogP contribution in [0.25, 0.3) is 5.69 Å². The predicted octanol–water partition coefficient (Wildman–Crippen LogP) is 2.74. The molecule has 3 rings (SSSR count). The highest BCUT2D eigenvalue weighted by Crippen LogP contribution is 2.33. The first kappa shape index (κ1) is 17.3. The van der Waals surface area contributed by atoms with Gasteiger partial charge < -0.3 is 11.1 Å². The van der Waals surface area contributed by atoms with Crippen molar-refractivity contribution in [1.82, 2.24) is 9.78 Å². The Hall–Kier alpha value is -2.06. The summed E-state index contributed by atoms with van der Waals surface area (Å²) in [5.41, 5.74) is 4.82. The molecule has 0 saturated heterocycles. The van der Waals surface area contributed by atoms with Crippen LogP contribution >= 0.6 is 12.4 Å². The number of alkyl halides is 3. The van der Waals surface area contributed by atoms with E-state index in [0.29, 0.717) is 18.5 Å². The van der Waals surface area contributed by atoms with Crippen molar-refractivity contribution in [3.63, 3.8) is 0 Å². The van der Waals surface area contributed by atoms with Gasteiger partial charge in [0.05, 0.1) is 34.9 Å². The molecule has 9 heteroatoms. The van der Waals surface area contributed by atoms with Crippen molar-refractivity contribution >= 4 is 24.0 Å². The summed E-state index contributed by atoms with van der Waals surface area (Å²) in [7, 11) is 0. The van der Waals surface area contributed by atoms with Gasteiger partial charge in [-0.2, -0.15) is 18.3 Å². The zero-order valence-electron chi connectivity index (χ0n) is 11.8. The molecule has 1 amide bonds. The molecule has 1 aliphatic carbocycles. The Labute approximate surface area is 136 Å². The highest BCUT2D eigenvalue weighted by Gasteiger charge is 2.46. The Balaban J connectivity index is 0.00000192. The molecule has 3 N–H and O–H groups in total. The molecule has 0 atom stereocenters. The smallest absolute Gasteiger partial charge is 0.322 e. The largest absolute Gasteiger partial charge is 0.416 e. The van der Waals surface area contributed by atoms with Crippen LogP contribution in [-0.4, -0.2) is 21.2 Å². The molecule has 0 unspecified atom stereocenters. The number of halogens is 4. The van der Waals surface area contributed by atoms with Gasteiger partial charge in [0.1, 0.15) is 0 Å². The Bertz CT molecular complexity index is 725. The van der Waals surface area contributed by atoms with E-state index in [2.05, 4.69) is 10.4 Å². The van der Waals surface area contributed by atoms with Crippen LogP contribution in [0.4, 0.5) is 18.9 Å². The second-order valence-corrected chi connectivity index (χ2v) is 5.33. The van der Waals surface area contributed by atoms with Crippen molar-refractivity contribution in [2.24, 2.45) is 5.73 Å².